The van der Waals surface area contributed by atoms with Gasteiger partial charge in [-0.1, -0.05) is 11.6 Å². The molecule has 13 heteroatoms. The number of rotatable bonds is 7. The molecule has 8 nitrogen and oxygen atoms in total. The molecule has 0 unspecified atom stereocenters. The van der Waals surface area contributed by atoms with E-state index in [1.165, 1.54) is 24.5 Å². The SMILES string of the molecule is NC(=O)c1c(CC(=O)Nc2nc(-c3ccc(OCC(F)(F)F)c(Cl)c3)cs2)coc1N. The largest absolute Gasteiger partial charge is 0.483 e. The number of hydrogen-bond donors (Lipinski definition) is 3. The molecule has 1 aromatic carbocycles. The van der Waals surface area contributed by atoms with E-state index in [4.69, 9.17) is 27.5 Å². The number of halogens is 4. The van der Waals surface area contributed by atoms with Crippen molar-refractivity contribution in [3.05, 3.63) is 46.0 Å². The van der Waals surface area contributed by atoms with E-state index in [9.17, 15) is 22.8 Å². The Balaban J connectivity index is 1.67. The quantitative estimate of drug-likeness (QED) is 0.476. The Labute approximate surface area is 181 Å². The summed E-state index contributed by atoms with van der Waals surface area (Å²) in [6, 6.07) is 4.20. The predicted molar refractivity (Wildman–Crippen MR) is 108 cm³/mol. The van der Waals surface area contributed by atoms with Gasteiger partial charge >= 0.3 is 6.18 Å². The Hall–Kier alpha value is -3.25. The second kappa shape index (κ2) is 8.86. The molecular weight excluding hydrogens is 461 g/mol. The number of nitrogens with zero attached hydrogens (tertiary/aromatic N) is 1. The van der Waals surface area contributed by atoms with Crippen LogP contribution < -0.4 is 21.5 Å². The number of nitrogen functional groups attached to an aromatic ring is 1. The van der Waals surface area contributed by atoms with Gasteiger partial charge < -0.3 is 25.9 Å². The molecule has 2 heterocycles. The number of furan rings is 1. The van der Waals surface area contributed by atoms with Crippen LogP contribution in [0.25, 0.3) is 11.3 Å². The molecule has 5 N–H and O–H groups in total. The minimum Gasteiger partial charge on any atom is -0.483 e. The third-order valence-corrected chi connectivity index (χ3v) is 4.92. The van der Waals surface area contributed by atoms with E-state index in [0.717, 1.165) is 11.3 Å². The van der Waals surface area contributed by atoms with E-state index < -0.39 is 24.6 Å². The Bertz CT molecular complexity index is 1130. The van der Waals surface area contributed by atoms with Crippen molar-refractivity contribution >= 4 is 45.8 Å². The molecule has 164 valence electrons. The Kier molecular flexibility index (Phi) is 6.41. The summed E-state index contributed by atoms with van der Waals surface area (Å²) in [5, 5.41) is 4.44. The van der Waals surface area contributed by atoms with E-state index in [2.05, 4.69) is 15.0 Å². The summed E-state index contributed by atoms with van der Waals surface area (Å²) in [6.45, 7) is -1.46. The number of carbonyl (C=O) groups excluding carboxylic acids is 2. The van der Waals surface area contributed by atoms with Gasteiger partial charge in [-0.2, -0.15) is 13.2 Å². The number of anilines is 2. The number of nitrogens with one attached hydrogen (secondary N) is 1. The molecule has 3 rings (SSSR count). The molecule has 0 saturated heterocycles. The second-order valence-corrected chi connectivity index (χ2v) is 7.44. The number of nitrogens with two attached hydrogens (primary N) is 2. The van der Waals surface area contributed by atoms with Crippen molar-refractivity contribution in [2.24, 2.45) is 5.73 Å². The third kappa shape index (κ3) is 5.67. The first-order valence-corrected chi connectivity index (χ1v) is 9.69. The van der Waals surface area contributed by atoms with Crippen LogP contribution in [-0.2, 0) is 11.2 Å². The molecule has 2 aromatic heterocycles. The summed E-state index contributed by atoms with van der Waals surface area (Å²) in [4.78, 5) is 27.9. The highest BCUT2D eigenvalue weighted by molar-refractivity contribution is 7.14. The van der Waals surface area contributed by atoms with E-state index >= 15 is 0 Å². The van der Waals surface area contributed by atoms with Crippen LogP contribution in [0.3, 0.4) is 0 Å². The smallest absolute Gasteiger partial charge is 0.422 e. The first kappa shape index (κ1) is 22.4. The topological polar surface area (TPSA) is 133 Å². The van der Waals surface area contributed by atoms with Crippen LogP contribution in [0.5, 0.6) is 5.75 Å². The zero-order chi connectivity index (χ0) is 22.8. The molecule has 3 aromatic rings. The maximum Gasteiger partial charge on any atom is 0.422 e. The van der Waals surface area contributed by atoms with Gasteiger partial charge in [0, 0.05) is 16.5 Å². The molecule has 0 aliphatic carbocycles. The summed E-state index contributed by atoms with van der Waals surface area (Å²) < 4.78 is 46.4. The highest BCUT2D eigenvalue weighted by Crippen LogP contribution is 2.33. The average molecular weight is 475 g/mol. The Morgan fingerprint density at radius 2 is 2.06 bits per heavy atom. The minimum absolute atomic E-state index is 0.0168. The molecule has 31 heavy (non-hydrogen) atoms. The molecule has 0 aliphatic heterocycles. The number of ether oxygens (including phenoxy) is 1. The fraction of sp³-hybridized carbons (Fsp3) is 0.167. The zero-order valence-electron chi connectivity index (χ0n) is 15.5. The van der Waals surface area contributed by atoms with Crippen LogP contribution in [0.4, 0.5) is 24.2 Å². The summed E-state index contributed by atoms with van der Waals surface area (Å²) in [6.07, 6.45) is -3.53. The van der Waals surface area contributed by atoms with Crippen molar-refractivity contribution in [3.63, 3.8) is 0 Å². The monoisotopic (exact) mass is 474 g/mol. The lowest BCUT2D eigenvalue weighted by Gasteiger charge is -2.11. The summed E-state index contributed by atoms with van der Waals surface area (Å²) in [5.74, 6) is -1.59. The molecule has 0 atom stereocenters. The molecule has 2 amide bonds. The highest BCUT2D eigenvalue weighted by Gasteiger charge is 2.28. The lowest BCUT2D eigenvalue weighted by Crippen LogP contribution is -2.19. The van der Waals surface area contributed by atoms with Gasteiger partial charge in [0.25, 0.3) is 5.91 Å². The van der Waals surface area contributed by atoms with Crippen molar-refractivity contribution in [2.75, 3.05) is 17.7 Å². The number of amides is 2. The zero-order valence-corrected chi connectivity index (χ0v) is 17.0. The van der Waals surface area contributed by atoms with E-state index in [1.807, 2.05) is 0 Å². The summed E-state index contributed by atoms with van der Waals surface area (Å²) >= 11 is 7.11. The maximum absolute atomic E-state index is 12.3. The van der Waals surface area contributed by atoms with Gasteiger partial charge in [0.2, 0.25) is 11.8 Å². The number of thiazole rings is 1. The van der Waals surface area contributed by atoms with E-state index in [-0.39, 0.29) is 39.3 Å². The van der Waals surface area contributed by atoms with Gasteiger partial charge in [-0.15, -0.1) is 11.3 Å². The lowest BCUT2D eigenvalue weighted by atomic mass is 10.1. The van der Waals surface area contributed by atoms with Crippen molar-refractivity contribution in [3.8, 4) is 17.0 Å². The van der Waals surface area contributed by atoms with Gasteiger partial charge in [-0.3, -0.25) is 9.59 Å². The molecule has 0 bridgehead atoms. The Morgan fingerprint density at radius 1 is 1.32 bits per heavy atom. The van der Waals surface area contributed by atoms with E-state index in [0.29, 0.717) is 11.3 Å². The van der Waals surface area contributed by atoms with Gasteiger partial charge in [-0.05, 0) is 18.2 Å². The number of primary amides is 1. The molecule has 0 fully saturated rings. The van der Waals surface area contributed by atoms with Crippen LogP contribution in [0.15, 0.2) is 34.3 Å². The first-order chi connectivity index (χ1) is 14.5. The minimum atomic E-state index is -4.48. The van der Waals surface area contributed by atoms with Gasteiger partial charge in [0.15, 0.2) is 11.7 Å². The van der Waals surface area contributed by atoms with Crippen molar-refractivity contribution in [1.82, 2.24) is 4.98 Å². The molecule has 0 saturated carbocycles. The predicted octanol–water partition coefficient (Wildman–Crippen LogP) is 3.86. The number of alkyl halides is 3. The van der Waals surface area contributed by atoms with Crippen LogP contribution in [-0.4, -0.2) is 29.6 Å². The third-order valence-electron chi connectivity index (χ3n) is 3.86. The van der Waals surface area contributed by atoms with Crippen LogP contribution >= 0.6 is 22.9 Å². The van der Waals surface area contributed by atoms with E-state index in [1.54, 1.807) is 5.38 Å². The van der Waals surface area contributed by atoms with Crippen molar-refractivity contribution < 1.29 is 31.9 Å². The van der Waals surface area contributed by atoms with Crippen LogP contribution in [0.2, 0.25) is 5.02 Å². The standard InChI is InChI=1S/C18H14ClF3N4O4S/c19-10-3-8(1-2-12(10)30-7-18(20,21)22)11-6-31-17(25-11)26-13(27)4-9-5-29-16(24)14(9)15(23)28/h1-3,5-6H,4,7,24H2,(H2,23,28)(H,25,26,27). The van der Waals surface area contributed by atoms with Gasteiger partial charge in [-0.25, -0.2) is 4.98 Å². The fourth-order valence-corrected chi connectivity index (χ4v) is 3.53. The van der Waals surface area contributed by atoms with Gasteiger partial charge in [0.05, 0.1) is 23.4 Å². The van der Waals surface area contributed by atoms with Crippen molar-refractivity contribution in [2.45, 2.75) is 12.6 Å². The number of hydrogen-bond acceptors (Lipinski definition) is 7. The van der Waals surface area contributed by atoms with Gasteiger partial charge in [0.1, 0.15) is 11.3 Å². The first-order valence-electron chi connectivity index (χ1n) is 8.44. The average Bonchev–Trinajstić information content (AvgIpc) is 3.26. The Morgan fingerprint density at radius 3 is 2.71 bits per heavy atom. The summed E-state index contributed by atoms with van der Waals surface area (Å²) in [5.41, 5.74) is 11.9. The van der Waals surface area contributed by atoms with Crippen LogP contribution in [0.1, 0.15) is 15.9 Å². The maximum atomic E-state index is 12.3. The number of aromatic nitrogens is 1. The molecule has 0 aliphatic rings. The van der Waals surface area contributed by atoms with Crippen LogP contribution in [0, 0.1) is 0 Å². The summed E-state index contributed by atoms with van der Waals surface area (Å²) in [7, 11) is 0. The number of benzene rings is 1. The normalized spacial score (nSPS) is 11.4. The number of carbonyl (C=O) groups is 2. The highest BCUT2D eigenvalue weighted by atomic mass is 35.5. The fourth-order valence-electron chi connectivity index (χ4n) is 2.56. The molecule has 0 radical (unpaired) electrons. The molecular formula is C18H14ClF3N4O4S. The molecule has 0 spiro atoms. The van der Waals surface area contributed by atoms with Crippen molar-refractivity contribution in [1.29, 1.82) is 0 Å². The lowest BCUT2D eigenvalue weighted by molar-refractivity contribution is -0.153. The second-order valence-electron chi connectivity index (χ2n) is 6.18.